The Morgan fingerprint density at radius 1 is 0.808 bits per heavy atom. The van der Waals surface area contributed by atoms with Gasteiger partial charge in [-0.2, -0.15) is 0 Å². The maximum atomic E-state index is 12.3. The lowest BCUT2D eigenvalue weighted by Crippen LogP contribution is -2.23. The number of hydrogen-bond acceptors (Lipinski definition) is 3. The molecule has 0 atom stereocenters. The number of nitrogens with one attached hydrogen (secondary N) is 1. The lowest BCUT2D eigenvalue weighted by atomic mass is 10.1. The van der Waals surface area contributed by atoms with Gasteiger partial charge >= 0.3 is 0 Å². The van der Waals surface area contributed by atoms with Crippen molar-refractivity contribution >= 4 is 21.4 Å². The van der Waals surface area contributed by atoms with E-state index in [0.29, 0.717) is 5.69 Å². The zero-order valence-electron chi connectivity index (χ0n) is 14.3. The van der Waals surface area contributed by atoms with Crippen LogP contribution < -0.4 is 5.32 Å². The van der Waals surface area contributed by atoms with Gasteiger partial charge in [-0.1, -0.05) is 60.2 Å². The Bertz CT molecular complexity index is 993. The zero-order valence-corrected chi connectivity index (χ0v) is 15.2. The van der Waals surface area contributed by atoms with E-state index in [1.165, 1.54) is 12.1 Å². The third-order valence-electron chi connectivity index (χ3n) is 3.98. The molecule has 0 unspecified atom stereocenters. The average molecular weight is 365 g/mol. The van der Waals surface area contributed by atoms with Gasteiger partial charge in [-0.05, 0) is 42.3 Å². The summed E-state index contributed by atoms with van der Waals surface area (Å²) in [6.07, 6.45) is 0. The van der Waals surface area contributed by atoms with Crippen LogP contribution in [0.3, 0.4) is 0 Å². The molecule has 0 bridgehead atoms. The summed E-state index contributed by atoms with van der Waals surface area (Å²) >= 11 is 0. The predicted molar refractivity (Wildman–Crippen MR) is 104 cm³/mol. The zero-order chi connectivity index (χ0) is 18.6. The molecule has 0 radical (unpaired) electrons. The van der Waals surface area contributed by atoms with Crippen LogP contribution >= 0.6 is 0 Å². The maximum Gasteiger partial charge on any atom is 0.239 e. The summed E-state index contributed by atoms with van der Waals surface area (Å²) < 4.78 is 24.6. The number of carbonyl (C=O) groups is 1. The van der Waals surface area contributed by atoms with Crippen molar-refractivity contribution in [3.63, 3.8) is 0 Å². The van der Waals surface area contributed by atoms with Crippen LogP contribution in [-0.4, -0.2) is 20.1 Å². The van der Waals surface area contributed by atoms with Crippen LogP contribution in [0.2, 0.25) is 0 Å². The van der Waals surface area contributed by atoms with Gasteiger partial charge < -0.3 is 5.32 Å². The van der Waals surface area contributed by atoms with Crippen molar-refractivity contribution in [1.82, 2.24) is 0 Å². The molecule has 0 saturated heterocycles. The number of carbonyl (C=O) groups excluding carboxylic acids is 1. The summed E-state index contributed by atoms with van der Waals surface area (Å²) in [5.41, 5.74) is 3.63. The van der Waals surface area contributed by atoms with Crippen molar-refractivity contribution in [2.24, 2.45) is 0 Å². The predicted octanol–water partition coefficient (Wildman–Crippen LogP) is 4.07. The number of rotatable bonds is 5. The third kappa shape index (κ3) is 4.37. The van der Waals surface area contributed by atoms with Crippen LogP contribution in [0.25, 0.3) is 11.1 Å². The second-order valence-corrected chi connectivity index (χ2v) is 8.05. The minimum Gasteiger partial charge on any atom is -0.325 e. The molecular formula is C21H19NO3S. The van der Waals surface area contributed by atoms with E-state index in [4.69, 9.17) is 0 Å². The normalized spacial score (nSPS) is 11.1. The highest BCUT2D eigenvalue weighted by Gasteiger charge is 2.19. The Morgan fingerprint density at radius 2 is 1.38 bits per heavy atom. The fraction of sp³-hybridized carbons (Fsp3) is 0.0952. The number of sulfone groups is 1. The third-order valence-corrected chi connectivity index (χ3v) is 5.61. The number of hydrogen-bond donors (Lipinski definition) is 1. The maximum absolute atomic E-state index is 12.3. The second kappa shape index (κ2) is 7.54. The van der Waals surface area contributed by atoms with Crippen LogP contribution in [-0.2, 0) is 14.6 Å². The van der Waals surface area contributed by atoms with E-state index in [0.717, 1.165) is 16.7 Å². The molecule has 0 aliphatic carbocycles. The van der Waals surface area contributed by atoms with Crippen LogP contribution in [0.5, 0.6) is 0 Å². The quantitative estimate of drug-likeness (QED) is 0.741. The van der Waals surface area contributed by atoms with Crippen molar-refractivity contribution in [1.29, 1.82) is 0 Å². The molecule has 26 heavy (non-hydrogen) atoms. The van der Waals surface area contributed by atoms with Crippen LogP contribution in [0.4, 0.5) is 5.69 Å². The molecule has 4 nitrogen and oxygen atoms in total. The Kier molecular flexibility index (Phi) is 5.19. The van der Waals surface area contributed by atoms with Gasteiger partial charge in [-0.3, -0.25) is 4.79 Å². The van der Waals surface area contributed by atoms with Gasteiger partial charge in [-0.25, -0.2) is 8.42 Å². The summed E-state index contributed by atoms with van der Waals surface area (Å²) in [5, 5.41) is 2.64. The molecule has 1 N–H and O–H groups in total. The number of anilines is 1. The van der Waals surface area contributed by atoms with E-state index < -0.39 is 21.5 Å². The Balaban J connectivity index is 1.67. The SMILES string of the molecule is Cc1ccc(S(=O)(=O)CC(=O)Nc2ccc(-c3ccccc3)cc2)cc1. The van der Waals surface area contributed by atoms with E-state index in [2.05, 4.69) is 5.32 Å². The van der Waals surface area contributed by atoms with E-state index in [-0.39, 0.29) is 4.90 Å². The fourth-order valence-electron chi connectivity index (χ4n) is 2.58. The Labute approximate surface area is 153 Å². The smallest absolute Gasteiger partial charge is 0.239 e. The van der Waals surface area contributed by atoms with Gasteiger partial charge in [0.1, 0.15) is 5.75 Å². The second-order valence-electron chi connectivity index (χ2n) is 6.06. The molecule has 0 heterocycles. The first kappa shape index (κ1) is 17.9. The monoisotopic (exact) mass is 365 g/mol. The molecule has 0 spiro atoms. The highest BCUT2D eigenvalue weighted by Crippen LogP contribution is 2.21. The van der Waals surface area contributed by atoms with Crippen molar-refractivity contribution in [2.75, 3.05) is 11.1 Å². The lowest BCUT2D eigenvalue weighted by molar-refractivity contribution is -0.113. The molecule has 132 valence electrons. The first-order valence-electron chi connectivity index (χ1n) is 8.19. The van der Waals surface area contributed by atoms with Gasteiger partial charge in [0, 0.05) is 5.69 Å². The molecule has 0 aliphatic heterocycles. The van der Waals surface area contributed by atoms with Crippen molar-refractivity contribution in [3.8, 4) is 11.1 Å². The lowest BCUT2D eigenvalue weighted by Gasteiger charge is -2.08. The first-order valence-corrected chi connectivity index (χ1v) is 9.84. The Morgan fingerprint density at radius 3 is 2.00 bits per heavy atom. The molecule has 3 aromatic rings. The van der Waals surface area contributed by atoms with E-state index in [1.54, 1.807) is 24.3 Å². The minimum absolute atomic E-state index is 0.151. The highest BCUT2D eigenvalue weighted by atomic mass is 32.2. The van der Waals surface area contributed by atoms with Gasteiger partial charge in [-0.15, -0.1) is 0 Å². The van der Waals surface area contributed by atoms with Crippen molar-refractivity contribution < 1.29 is 13.2 Å². The summed E-state index contributed by atoms with van der Waals surface area (Å²) in [7, 11) is -3.66. The standard InChI is InChI=1S/C21H19NO3S/c1-16-7-13-20(14-8-16)26(24,25)15-21(23)22-19-11-9-18(10-12-19)17-5-3-2-4-6-17/h2-14H,15H2,1H3,(H,22,23). The number of benzene rings is 3. The molecule has 3 aromatic carbocycles. The highest BCUT2D eigenvalue weighted by molar-refractivity contribution is 7.92. The van der Waals surface area contributed by atoms with E-state index in [9.17, 15) is 13.2 Å². The molecule has 0 fully saturated rings. The summed E-state index contributed by atoms with van der Waals surface area (Å²) in [4.78, 5) is 12.3. The number of aryl methyl sites for hydroxylation is 1. The van der Waals surface area contributed by atoms with Gasteiger partial charge in [0.05, 0.1) is 4.90 Å². The van der Waals surface area contributed by atoms with E-state index >= 15 is 0 Å². The van der Waals surface area contributed by atoms with Crippen molar-refractivity contribution in [2.45, 2.75) is 11.8 Å². The van der Waals surface area contributed by atoms with Gasteiger partial charge in [0.2, 0.25) is 5.91 Å². The molecule has 0 aliphatic rings. The molecular weight excluding hydrogens is 346 g/mol. The molecule has 5 heteroatoms. The van der Waals surface area contributed by atoms with E-state index in [1.807, 2.05) is 49.4 Å². The van der Waals surface area contributed by atoms with Crippen LogP contribution in [0, 0.1) is 6.92 Å². The van der Waals surface area contributed by atoms with Crippen molar-refractivity contribution in [3.05, 3.63) is 84.4 Å². The summed E-state index contributed by atoms with van der Waals surface area (Å²) in [6.45, 7) is 1.88. The summed E-state index contributed by atoms with van der Waals surface area (Å²) in [6, 6.07) is 23.6. The fourth-order valence-corrected chi connectivity index (χ4v) is 3.71. The van der Waals surface area contributed by atoms with Gasteiger partial charge in [0.15, 0.2) is 9.84 Å². The average Bonchev–Trinajstić information content (AvgIpc) is 2.63. The molecule has 3 rings (SSSR count). The largest absolute Gasteiger partial charge is 0.325 e. The molecule has 0 saturated carbocycles. The van der Waals surface area contributed by atoms with Gasteiger partial charge in [0.25, 0.3) is 0 Å². The van der Waals surface area contributed by atoms with Crippen LogP contribution in [0.15, 0.2) is 83.8 Å². The minimum atomic E-state index is -3.66. The van der Waals surface area contributed by atoms with Crippen LogP contribution in [0.1, 0.15) is 5.56 Å². The first-order chi connectivity index (χ1) is 12.4. The number of amides is 1. The molecule has 0 aromatic heterocycles. The Hall–Kier alpha value is -2.92. The molecule has 1 amide bonds. The summed E-state index contributed by atoms with van der Waals surface area (Å²) in [5.74, 6) is -1.14. The topological polar surface area (TPSA) is 63.2 Å².